The average molecular weight is 275 g/mol. The maximum Gasteiger partial charge on any atom is 0.222 e. The van der Waals surface area contributed by atoms with E-state index in [1.165, 1.54) is 10.4 Å². The van der Waals surface area contributed by atoms with Crippen LogP contribution in [0.15, 0.2) is 72.1 Å². The summed E-state index contributed by atoms with van der Waals surface area (Å²) in [4.78, 5) is 5.57. The maximum atomic E-state index is 4.31. The molecule has 20 heavy (non-hydrogen) atoms. The van der Waals surface area contributed by atoms with Gasteiger partial charge in [-0.15, -0.1) is 17.0 Å². The van der Waals surface area contributed by atoms with Crippen LogP contribution in [-0.2, 0) is 0 Å². The van der Waals surface area contributed by atoms with Crippen LogP contribution in [0.2, 0.25) is 0 Å². The van der Waals surface area contributed by atoms with Crippen molar-refractivity contribution in [3.63, 3.8) is 0 Å². The highest BCUT2D eigenvalue weighted by Crippen LogP contribution is 2.28. The zero-order chi connectivity index (χ0) is 13.6. The lowest BCUT2D eigenvalue weighted by Gasteiger charge is -2.06. The third kappa shape index (κ3) is 2.90. The van der Waals surface area contributed by atoms with Crippen molar-refractivity contribution in [3.8, 4) is 16.5 Å². The first-order valence-corrected chi connectivity index (χ1v) is 7.28. The first-order valence-electron chi connectivity index (χ1n) is 6.40. The first kappa shape index (κ1) is 12.5. The Balaban J connectivity index is 1.84. The molecule has 0 spiro atoms. The fraction of sp³-hybridized carbons (Fsp3) is 0. The molecule has 0 bridgehead atoms. The van der Waals surface area contributed by atoms with Crippen LogP contribution in [0.1, 0.15) is 11.1 Å². The molecule has 0 saturated heterocycles. The Labute approximate surface area is 123 Å². The number of nitrogens with zero attached hydrogens (tertiary/aromatic N) is 1. The Morgan fingerprint density at radius 3 is 2.45 bits per heavy atom. The van der Waals surface area contributed by atoms with Crippen molar-refractivity contribution in [1.29, 1.82) is 0 Å². The van der Waals surface area contributed by atoms with Crippen LogP contribution in [0, 0.1) is 12.6 Å². The molecule has 0 aliphatic heterocycles. The van der Waals surface area contributed by atoms with E-state index in [4.69, 9.17) is 0 Å². The summed E-state index contributed by atoms with van der Waals surface area (Å²) < 4.78 is 0. The monoisotopic (exact) mass is 275 g/mol. The molecule has 3 rings (SSSR count). The van der Waals surface area contributed by atoms with E-state index < -0.39 is 0 Å². The molecule has 1 aromatic heterocycles. The molecule has 3 aromatic rings. The van der Waals surface area contributed by atoms with Gasteiger partial charge < -0.3 is 0 Å². The lowest BCUT2D eigenvalue weighted by Crippen LogP contribution is -1.82. The zero-order valence-corrected chi connectivity index (χ0v) is 11.7. The standard InChI is InChI=1S/C18H13NS/c1-2-7-15(8-3-1)13-19-14-16-9-4-5-10-17(16)18-11-6-12-20-18/h1-12,14H. The molecule has 1 nitrogen and oxygen atoms in total. The van der Waals surface area contributed by atoms with Gasteiger partial charge in [0.2, 0.25) is 12.6 Å². The lowest BCUT2D eigenvalue weighted by molar-refractivity contribution is 1.52. The van der Waals surface area contributed by atoms with Crippen LogP contribution in [0.5, 0.6) is 0 Å². The van der Waals surface area contributed by atoms with Gasteiger partial charge in [0, 0.05) is 5.56 Å². The molecule has 0 radical (unpaired) electrons. The second-order valence-electron chi connectivity index (χ2n) is 4.30. The van der Waals surface area contributed by atoms with E-state index in [-0.39, 0.29) is 0 Å². The van der Waals surface area contributed by atoms with Gasteiger partial charge in [-0.1, -0.05) is 65.7 Å². The fourth-order valence-electron chi connectivity index (χ4n) is 1.95. The summed E-state index contributed by atoms with van der Waals surface area (Å²) >= 11 is 1.74. The van der Waals surface area contributed by atoms with Crippen molar-refractivity contribution >= 4 is 11.3 Å². The van der Waals surface area contributed by atoms with Gasteiger partial charge in [-0.2, -0.15) is 11.3 Å². The summed E-state index contributed by atoms with van der Waals surface area (Å²) in [5.74, 6) is 0. The summed E-state index contributed by atoms with van der Waals surface area (Å²) in [6.07, 6.45) is 0. The van der Waals surface area contributed by atoms with Crippen LogP contribution >= 0.6 is 11.3 Å². The van der Waals surface area contributed by atoms with Crippen LogP contribution in [-0.4, -0.2) is 0 Å². The third-order valence-corrected chi connectivity index (χ3v) is 3.82. The average Bonchev–Trinajstić information content (AvgIpc) is 3.03. The SMILES string of the molecule is C(#[N+][CH-]c1ccccc1-c1cccs1)c1ccccc1. The van der Waals surface area contributed by atoms with Crippen LogP contribution in [0.3, 0.4) is 0 Å². The van der Waals surface area contributed by atoms with E-state index >= 15 is 0 Å². The van der Waals surface area contributed by atoms with Gasteiger partial charge in [0.25, 0.3) is 0 Å². The van der Waals surface area contributed by atoms with Crippen molar-refractivity contribution < 1.29 is 0 Å². The molecule has 0 N–H and O–H groups in total. The van der Waals surface area contributed by atoms with E-state index in [9.17, 15) is 0 Å². The Kier molecular flexibility index (Phi) is 3.82. The number of hydrogen-bond acceptors (Lipinski definition) is 1. The molecule has 0 saturated carbocycles. The summed E-state index contributed by atoms with van der Waals surface area (Å²) in [6, 6.07) is 25.4. The minimum Gasteiger partial charge on any atom is -0.154 e. The number of rotatable bonds is 2. The van der Waals surface area contributed by atoms with Gasteiger partial charge in [-0.25, -0.2) is 0 Å². The predicted octanol–water partition coefficient (Wildman–Crippen LogP) is 5.31. The van der Waals surface area contributed by atoms with Crippen molar-refractivity contribution in [2.24, 2.45) is 0 Å². The molecule has 96 valence electrons. The second-order valence-corrected chi connectivity index (χ2v) is 5.25. The molecule has 2 aromatic carbocycles. The molecule has 0 aliphatic carbocycles. The molecular formula is C18H13NS. The minimum atomic E-state index is 0.984. The van der Waals surface area contributed by atoms with Gasteiger partial charge >= 0.3 is 0 Å². The fourth-order valence-corrected chi connectivity index (χ4v) is 2.73. The quantitative estimate of drug-likeness (QED) is 0.558. The van der Waals surface area contributed by atoms with Gasteiger partial charge in [0.15, 0.2) is 0 Å². The van der Waals surface area contributed by atoms with E-state index in [2.05, 4.69) is 46.6 Å². The molecule has 1 heterocycles. The molecule has 0 amide bonds. The summed E-state index contributed by atoms with van der Waals surface area (Å²) in [7, 11) is 0. The van der Waals surface area contributed by atoms with Crippen molar-refractivity contribution in [2.75, 3.05) is 0 Å². The van der Waals surface area contributed by atoms with Gasteiger partial charge in [0.1, 0.15) is 0 Å². The van der Waals surface area contributed by atoms with Gasteiger partial charge in [-0.05, 0) is 10.3 Å². The van der Waals surface area contributed by atoms with E-state index in [0.29, 0.717) is 0 Å². The lowest BCUT2D eigenvalue weighted by atomic mass is 10.1. The van der Waals surface area contributed by atoms with Crippen LogP contribution in [0.25, 0.3) is 15.3 Å². The van der Waals surface area contributed by atoms with Crippen LogP contribution in [0.4, 0.5) is 0 Å². The van der Waals surface area contributed by atoms with Crippen molar-refractivity contribution in [3.05, 3.63) is 94.6 Å². The highest BCUT2D eigenvalue weighted by molar-refractivity contribution is 7.13. The normalized spacial score (nSPS) is 9.60. The molecule has 0 unspecified atom stereocenters. The maximum absolute atomic E-state index is 4.31. The van der Waals surface area contributed by atoms with Crippen molar-refractivity contribution in [1.82, 2.24) is 0 Å². The zero-order valence-electron chi connectivity index (χ0n) is 10.9. The minimum absolute atomic E-state index is 0.984. The van der Waals surface area contributed by atoms with E-state index in [0.717, 1.165) is 11.1 Å². The number of thiophene rings is 1. The highest BCUT2D eigenvalue weighted by atomic mass is 32.1. The van der Waals surface area contributed by atoms with Gasteiger partial charge in [-0.3, -0.25) is 0 Å². The Hall–Kier alpha value is -2.50. The summed E-state index contributed by atoms with van der Waals surface area (Å²) in [5.41, 5.74) is 3.30. The van der Waals surface area contributed by atoms with E-state index in [1.54, 1.807) is 11.3 Å². The Morgan fingerprint density at radius 2 is 1.65 bits per heavy atom. The molecule has 0 aliphatic rings. The number of benzene rings is 2. The highest BCUT2D eigenvalue weighted by Gasteiger charge is 2.02. The van der Waals surface area contributed by atoms with Crippen LogP contribution < -0.4 is 0 Å². The summed E-state index contributed by atoms with van der Waals surface area (Å²) in [6.45, 7) is 1.86. The largest absolute Gasteiger partial charge is 0.222 e. The Morgan fingerprint density at radius 1 is 0.850 bits per heavy atom. The van der Waals surface area contributed by atoms with E-state index in [1.807, 2.05) is 42.9 Å². The first-order chi connectivity index (χ1) is 9.93. The molecule has 0 atom stereocenters. The summed E-state index contributed by atoms with van der Waals surface area (Å²) in [5, 5.41) is 2.09. The Bertz CT molecular complexity index is 734. The van der Waals surface area contributed by atoms with Gasteiger partial charge in [0.05, 0.1) is 0 Å². The molecule has 0 fully saturated rings. The topological polar surface area (TPSA) is 4.36 Å². The number of hydrogen-bond donors (Lipinski definition) is 0. The second kappa shape index (κ2) is 6.10. The molecular weight excluding hydrogens is 262 g/mol. The third-order valence-electron chi connectivity index (χ3n) is 2.92. The smallest absolute Gasteiger partial charge is 0.154 e. The predicted molar refractivity (Wildman–Crippen MR) is 85.9 cm³/mol. The molecule has 2 heteroatoms. The van der Waals surface area contributed by atoms with Crippen molar-refractivity contribution in [2.45, 2.75) is 0 Å².